The van der Waals surface area contributed by atoms with Gasteiger partial charge in [0.2, 0.25) is 0 Å². The fraction of sp³-hybridized carbons (Fsp3) is 0.143. The molecule has 0 saturated carbocycles. The van der Waals surface area contributed by atoms with Crippen LogP contribution in [0.1, 0.15) is 22.3 Å². The fourth-order valence-electron chi connectivity index (χ4n) is 1.63. The molecule has 0 aliphatic heterocycles. The van der Waals surface area contributed by atoms with Gasteiger partial charge in [-0.1, -0.05) is 12.1 Å². The van der Waals surface area contributed by atoms with Crippen LogP contribution in [-0.2, 0) is 11.2 Å². The molecule has 0 unspecified atom stereocenters. The lowest BCUT2D eigenvalue weighted by Gasteiger charge is -2.05. The van der Waals surface area contributed by atoms with Crippen molar-refractivity contribution in [2.45, 2.75) is 12.8 Å². The molecule has 1 heterocycles. The Bertz CT molecular complexity index is 597. The lowest BCUT2D eigenvalue weighted by molar-refractivity contribution is -0.136. The van der Waals surface area contributed by atoms with E-state index in [0.29, 0.717) is 17.7 Å². The van der Waals surface area contributed by atoms with Gasteiger partial charge in [0, 0.05) is 24.5 Å². The number of aromatic nitrogens is 2. The summed E-state index contributed by atoms with van der Waals surface area (Å²) < 4.78 is 0. The highest BCUT2D eigenvalue weighted by molar-refractivity contribution is 6.03. The number of rotatable bonds is 5. The molecule has 0 radical (unpaired) electrons. The summed E-state index contributed by atoms with van der Waals surface area (Å²) in [5, 5.41) is 11.3. The van der Waals surface area contributed by atoms with Crippen molar-refractivity contribution in [3.8, 4) is 0 Å². The average Bonchev–Trinajstić information content (AvgIpc) is 2.47. The molecule has 0 aliphatic carbocycles. The quantitative estimate of drug-likeness (QED) is 0.864. The van der Waals surface area contributed by atoms with Crippen LogP contribution in [0, 0.1) is 0 Å². The van der Waals surface area contributed by atoms with Crippen molar-refractivity contribution in [1.82, 2.24) is 9.97 Å². The number of carboxylic acid groups (broad SMARTS) is 1. The summed E-state index contributed by atoms with van der Waals surface area (Å²) in [4.78, 5) is 29.9. The lowest BCUT2D eigenvalue weighted by Crippen LogP contribution is -2.12. The number of benzene rings is 1. The summed E-state index contributed by atoms with van der Waals surface area (Å²) in [7, 11) is 0. The third-order valence-corrected chi connectivity index (χ3v) is 2.66. The lowest BCUT2D eigenvalue weighted by atomic mass is 10.1. The smallest absolute Gasteiger partial charge is 0.303 e. The van der Waals surface area contributed by atoms with E-state index in [1.54, 1.807) is 24.3 Å². The standard InChI is InChI=1S/C14H13N3O3/c18-13(19)6-3-10-1-4-12(5-2-10)17-14(20)11-7-15-9-16-8-11/h1-2,4-5,7-9H,3,6H2,(H,17,20)(H,18,19). The number of nitrogens with zero attached hydrogens (tertiary/aromatic N) is 2. The van der Waals surface area contributed by atoms with Crippen LogP contribution < -0.4 is 5.32 Å². The Kier molecular flexibility index (Phi) is 4.39. The molecule has 2 aromatic rings. The molecule has 2 rings (SSSR count). The molecule has 0 aliphatic rings. The van der Waals surface area contributed by atoms with E-state index in [1.165, 1.54) is 18.7 Å². The summed E-state index contributed by atoms with van der Waals surface area (Å²) in [5.74, 6) is -1.12. The minimum Gasteiger partial charge on any atom is -0.481 e. The van der Waals surface area contributed by atoms with Crippen LogP contribution in [0.4, 0.5) is 5.69 Å². The largest absolute Gasteiger partial charge is 0.481 e. The van der Waals surface area contributed by atoms with Gasteiger partial charge in [-0.25, -0.2) is 9.97 Å². The van der Waals surface area contributed by atoms with Gasteiger partial charge in [0.05, 0.1) is 5.56 Å². The van der Waals surface area contributed by atoms with E-state index in [2.05, 4.69) is 15.3 Å². The van der Waals surface area contributed by atoms with Crippen molar-refractivity contribution < 1.29 is 14.7 Å². The van der Waals surface area contributed by atoms with E-state index in [-0.39, 0.29) is 12.3 Å². The van der Waals surface area contributed by atoms with E-state index < -0.39 is 5.97 Å². The summed E-state index contributed by atoms with van der Waals surface area (Å²) >= 11 is 0. The van der Waals surface area contributed by atoms with E-state index in [9.17, 15) is 9.59 Å². The molecular formula is C14H13N3O3. The van der Waals surface area contributed by atoms with Gasteiger partial charge in [0.25, 0.3) is 5.91 Å². The van der Waals surface area contributed by atoms with Crippen LogP contribution >= 0.6 is 0 Å². The van der Waals surface area contributed by atoms with Gasteiger partial charge in [-0.15, -0.1) is 0 Å². The summed E-state index contributed by atoms with van der Waals surface area (Å²) in [6.07, 6.45) is 4.78. The second kappa shape index (κ2) is 6.42. The first-order valence-corrected chi connectivity index (χ1v) is 6.02. The Morgan fingerprint density at radius 1 is 1.10 bits per heavy atom. The Morgan fingerprint density at radius 2 is 1.75 bits per heavy atom. The van der Waals surface area contributed by atoms with Crippen LogP contribution in [0.25, 0.3) is 0 Å². The van der Waals surface area contributed by atoms with Gasteiger partial charge in [-0.2, -0.15) is 0 Å². The second-order valence-corrected chi connectivity index (χ2v) is 4.17. The summed E-state index contributed by atoms with van der Waals surface area (Å²) in [6.45, 7) is 0. The zero-order chi connectivity index (χ0) is 14.4. The number of anilines is 1. The zero-order valence-electron chi connectivity index (χ0n) is 10.6. The van der Waals surface area contributed by atoms with Gasteiger partial charge in [0.15, 0.2) is 0 Å². The molecule has 0 fully saturated rings. The molecule has 0 atom stereocenters. The average molecular weight is 271 g/mol. The number of hydrogen-bond donors (Lipinski definition) is 2. The van der Waals surface area contributed by atoms with Crippen molar-refractivity contribution in [2.24, 2.45) is 0 Å². The second-order valence-electron chi connectivity index (χ2n) is 4.17. The fourth-order valence-corrected chi connectivity index (χ4v) is 1.63. The van der Waals surface area contributed by atoms with Crippen LogP contribution in [0.15, 0.2) is 43.0 Å². The number of nitrogens with one attached hydrogen (secondary N) is 1. The van der Waals surface area contributed by atoms with E-state index >= 15 is 0 Å². The predicted molar refractivity (Wildman–Crippen MR) is 72.4 cm³/mol. The van der Waals surface area contributed by atoms with Gasteiger partial charge < -0.3 is 10.4 Å². The van der Waals surface area contributed by atoms with Crippen LogP contribution in [0.5, 0.6) is 0 Å². The number of carbonyl (C=O) groups is 2. The van der Waals surface area contributed by atoms with Crippen molar-refractivity contribution in [3.63, 3.8) is 0 Å². The minimum absolute atomic E-state index is 0.0903. The number of aryl methyl sites for hydroxylation is 1. The minimum atomic E-state index is -0.827. The van der Waals surface area contributed by atoms with Gasteiger partial charge in [-0.05, 0) is 24.1 Å². The highest BCUT2D eigenvalue weighted by atomic mass is 16.4. The molecule has 2 N–H and O–H groups in total. The highest BCUT2D eigenvalue weighted by Gasteiger charge is 2.06. The Morgan fingerprint density at radius 3 is 2.35 bits per heavy atom. The maximum Gasteiger partial charge on any atom is 0.303 e. The van der Waals surface area contributed by atoms with E-state index in [4.69, 9.17) is 5.11 Å². The number of amides is 1. The number of carbonyl (C=O) groups excluding carboxylic acids is 1. The van der Waals surface area contributed by atoms with Crippen molar-refractivity contribution in [3.05, 3.63) is 54.1 Å². The van der Waals surface area contributed by atoms with Gasteiger partial charge in [0.1, 0.15) is 6.33 Å². The van der Waals surface area contributed by atoms with Crippen molar-refractivity contribution >= 4 is 17.6 Å². The van der Waals surface area contributed by atoms with Crippen molar-refractivity contribution in [2.75, 3.05) is 5.32 Å². The maximum absolute atomic E-state index is 11.8. The van der Waals surface area contributed by atoms with Gasteiger partial charge >= 0.3 is 5.97 Å². The van der Waals surface area contributed by atoms with Crippen LogP contribution in [0.3, 0.4) is 0 Å². The molecule has 6 nitrogen and oxygen atoms in total. The molecule has 0 spiro atoms. The van der Waals surface area contributed by atoms with Crippen LogP contribution in [0.2, 0.25) is 0 Å². The first-order chi connectivity index (χ1) is 9.65. The topological polar surface area (TPSA) is 92.2 Å². The number of hydrogen-bond acceptors (Lipinski definition) is 4. The number of aliphatic carboxylic acids is 1. The molecule has 0 saturated heterocycles. The SMILES string of the molecule is O=C(O)CCc1ccc(NC(=O)c2cncnc2)cc1. The third-order valence-electron chi connectivity index (χ3n) is 2.66. The van der Waals surface area contributed by atoms with Crippen LogP contribution in [-0.4, -0.2) is 27.0 Å². The number of carboxylic acids is 1. The Labute approximate surface area is 115 Å². The van der Waals surface area contributed by atoms with E-state index in [1.807, 2.05) is 0 Å². The summed E-state index contributed by atoms with van der Waals surface area (Å²) in [5.41, 5.74) is 1.92. The molecule has 6 heteroatoms. The van der Waals surface area contributed by atoms with Crippen molar-refractivity contribution in [1.29, 1.82) is 0 Å². The third kappa shape index (κ3) is 3.88. The predicted octanol–water partition coefficient (Wildman–Crippen LogP) is 1.75. The Hall–Kier alpha value is -2.76. The first-order valence-electron chi connectivity index (χ1n) is 6.02. The maximum atomic E-state index is 11.8. The molecule has 1 aromatic carbocycles. The zero-order valence-corrected chi connectivity index (χ0v) is 10.6. The normalized spacial score (nSPS) is 10.0. The molecule has 0 bridgehead atoms. The molecule has 1 aromatic heterocycles. The monoisotopic (exact) mass is 271 g/mol. The molecule has 1 amide bonds. The van der Waals surface area contributed by atoms with Gasteiger partial charge in [-0.3, -0.25) is 9.59 Å². The first kappa shape index (κ1) is 13.7. The molecule has 20 heavy (non-hydrogen) atoms. The highest BCUT2D eigenvalue weighted by Crippen LogP contribution is 2.12. The Balaban J connectivity index is 1.97. The molecular weight excluding hydrogens is 258 g/mol. The van der Waals surface area contributed by atoms with E-state index in [0.717, 1.165) is 5.56 Å². The summed E-state index contributed by atoms with van der Waals surface area (Å²) in [6, 6.07) is 7.05. The molecule has 102 valence electrons.